The summed E-state index contributed by atoms with van der Waals surface area (Å²) in [5, 5.41) is 12.7. The summed E-state index contributed by atoms with van der Waals surface area (Å²) in [5.41, 5.74) is -0.0988. The van der Waals surface area contributed by atoms with Crippen LogP contribution in [0.5, 0.6) is 0 Å². The first kappa shape index (κ1) is 13.1. The van der Waals surface area contributed by atoms with E-state index < -0.39 is 23.4 Å². The maximum absolute atomic E-state index is 13.7. The number of rotatable bonds is 2. The second-order valence-electron chi connectivity index (χ2n) is 4.18. The summed E-state index contributed by atoms with van der Waals surface area (Å²) in [6.07, 6.45) is 1.19. The van der Waals surface area contributed by atoms with E-state index in [2.05, 4.69) is 10.1 Å². The third kappa shape index (κ3) is 2.10. The average molecular weight is 293 g/mol. The minimum atomic E-state index is -1.61. The van der Waals surface area contributed by atoms with Crippen LogP contribution < -0.4 is 0 Å². The van der Waals surface area contributed by atoms with Gasteiger partial charge in [0.05, 0.1) is 11.1 Å². The molecule has 0 aliphatic carbocycles. The van der Waals surface area contributed by atoms with E-state index in [4.69, 9.17) is 5.11 Å². The van der Waals surface area contributed by atoms with Gasteiger partial charge in [-0.3, -0.25) is 0 Å². The Morgan fingerprint density at radius 2 is 1.86 bits per heavy atom. The number of fused-ring (bicyclic) bond motifs is 1. The summed E-state index contributed by atoms with van der Waals surface area (Å²) in [7, 11) is 0. The standard InChI is InChI=1S/C13H6F3N3O2/c14-8-3-2-7(10(15)11(8)16)12-17-9-4-1-6(13(20)21)5-19(9)18-12/h1-5H,(H,20,21). The zero-order chi connectivity index (χ0) is 15.1. The SMILES string of the molecule is O=C(O)c1ccc2nc(-c3ccc(F)c(F)c3F)nn2c1. The fourth-order valence-corrected chi connectivity index (χ4v) is 1.82. The van der Waals surface area contributed by atoms with Crippen LogP contribution in [0.25, 0.3) is 17.0 Å². The molecule has 1 aromatic carbocycles. The van der Waals surface area contributed by atoms with Crippen molar-refractivity contribution >= 4 is 11.6 Å². The quantitative estimate of drug-likeness (QED) is 0.737. The molecule has 21 heavy (non-hydrogen) atoms. The third-order valence-corrected chi connectivity index (χ3v) is 2.85. The average Bonchev–Trinajstić information content (AvgIpc) is 2.87. The highest BCUT2D eigenvalue weighted by Gasteiger charge is 2.18. The van der Waals surface area contributed by atoms with Gasteiger partial charge in [-0.05, 0) is 24.3 Å². The van der Waals surface area contributed by atoms with Crippen LogP contribution in [0, 0.1) is 17.5 Å². The number of aromatic nitrogens is 3. The Bertz CT molecular complexity index is 876. The maximum atomic E-state index is 13.7. The molecule has 0 saturated carbocycles. The predicted molar refractivity (Wildman–Crippen MR) is 65.3 cm³/mol. The van der Waals surface area contributed by atoms with Crippen molar-refractivity contribution in [3.05, 3.63) is 53.5 Å². The van der Waals surface area contributed by atoms with Gasteiger partial charge in [0.2, 0.25) is 0 Å². The van der Waals surface area contributed by atoms with Gasteiger partial charge in [-0.2, -0.15) is 0 Å². The van der Waals surface area contributed by atoms with Crippen LogP contribution >= 0.6 is 0 Å². The van der Waals surface area contributed by atoms with Gasteiger partial charge in [-0.15, -0.1) is 5.10 Å². The number of benzene rings is 1. The number of halogens is 3. The molecule has 0 bridgehead atoms. The first-order chi connectivity index (χ1) is 9.97. The van der Waals surface area contributed by atoms with E-state index in [-0.39, 0.29) is 22.6 Å². The number of pyridine rings is 1. The molecule has 2 aromatic heterocycles. The monoisotopic (exact) mass is 293 g/mol. The molecular formula is C13H6F3N3O2. The molecule has 3 aromatic rings. The van der Waals surface area contributed by atoms with E-state index in [9.17, 15) is 18.0 Å². The topological polar surface area (TPSA) is 67.5 Å². The molecular weight excluding hydrogens is 287 g/mol. The van der Waals surface area contributed by atoms with Gasteiger partial charge in [-0.25, -0.2) is 27.5 Å². The van der Waals surface area contributed by atoms with Crippen LogP contribution in [0.15, 0.2) is 30.5 Å². The number of nitrogens with zero attached hydrogens (tertiary/aromatic N) is 3. The lowest BCUT2D eigenvalue weighted by molar-refractivity contribution is 0.0696. The Morgan fingerprint density at radius 1 is 1.10 bits per heavy atom. The number of hydrogen-bond acceptors (Lipinski definition) is 3. The molecule has 2 heterocycles. The molecule has 0 amide bonds. The minimum Gasteiger partial charge on any atom is -0.478 e. The summed E-state index contributed by atoms with van der Waals surface area (Å²) in [4.78, 5) is 14.8. The van der Waals surface area contributed by atoms with Crippen LogP contribution in [0.4, 0.5) is 13.2 Å². The minimum absolute atomic E-state index is 0.0373. The maximum Gasteiger partial charge on any atom is 0.337 e. The number of carboxylic acids is 1. The van der Waals surface area contributed by atoms with Crippen molar-refractivity contribution in [1.29, 1.82) is 0 Å². The molecule has 8 heteroatoms. The molecule has 0 aliphatic heterocycles. The van der Waals surface area contributed by atoms with Gasteiger partial charge in [-0.1, -0.05) is 0 Å². The van der Waals surface area contributed by atoms with E-state index in [1.807, 2.05) is 0 Å². The van der Waals surface area contributed by atoms with Crippen molar-refractivity contribution in [3.63, 3.8) is 0 Å². The molecule has 0 atom stereocenters. The number of carboxylic acid groups (broad SMARTS) is 1. The summed E-state index contributed by atoms with van der Waals surface area (Å²) < 4.78 is 40.9. The summed E-state index contributed by atoms with van der Waals surface area (Å²) in [6, 6.07) is 4.46. The van der Waals surface area contributed by atoms with Gasteiger partial charge in [0.25, 0.3) is 0 Å². The molecule has 0 unspecified atom stereocenters. The fourth-order valence-electron chi connectivity index (χ4n) is 1.82. The second kappa shape index (κ2) is 4.58. The lowest BCUT2D eigenvalue weighted by Crippen LogP contribution is -1.99. The van der Waals surface area contributed by atoms with E-state index in [1.165, 1.54) is 18.3 Å². The molecule has 5 nitrogen and oxygen atoms in total. The van der Waals surface area contributed by atoms with Crippen molar-refractivity contribution < 1.29 is 23.1 Å². The van der Waals surface area contributed by atoms with Crippen molar-refractivity contribution in [1.82, 2.24) is 14.6 Å². The van der Waals surface area contributed by atoms with Crippen molar-refractivity contribution in [2.75, 3.05) is 0 Å². The highest BCUT2D eigenvalue weighted by Crippen LogP contribution is 2.23. The molecule has 0 fully saturated rings. The number of aromatic carboxylic acids is 1. The highest BCUT2D eigenvalue weighted by molar-refractivity contribution is 5.87. The molecule has 0 radical (unpaired) electrons. The van der Waals surface area contributed by atoms with E-state index >= 15 is 0 Å². The molecule has 1 N–H and O–H groups in total. The largest absolute Gasteiger partial charge is 0.478 e. The Labute approximate surface area is 115 Å². The molecule has 3 rings (SSSR count). The van der Waals surface area contributed by atoms with Crippen LogP contribution in [0.2, 0.25) is 0 Å². The molecule has 0 aliphatic rings. The first-order valence-electron chi connectivity index (χ1n) is 5.71. The Balaban J connectivity index is 2.18. The van der Waals surface area contributed by atoms with E-state index in [1.54, 1.807) is 0 Å². The Morgan fingerprint density at radius 3 is 2.57 bits per heavy atom. The van der Waals surface area contributed by atoms with Crippen LogP contribution in [0.3, 0.4) is 0 Å². The van der Waals surface area contributed by atoms with Gasteiger partial charge < -0.3 is 5.11 Å². The normalized spacial score (nSPS) is 11.0. The molecule has 106 valence electrons. The smallest absolute Gasteiger partial charge is 0.337 e. The summed E-state index contributed by atoms with van der Waals surface area (Å²) >= 11 is 0. The van der Waals surface area contributed by atoms with Crippen LogP contribution in [0.1, 0.15) is 10.4 Å². The van der Waals surface area contributed by atoms with E-state index in [0.717, 1.165) is 16.6 Å². The fraction of sp³-hybridized carbons (Fsp3) is 0. The van der Waals surface area contributed by atoms with Crippen molar-refractivity contribution in [3.8, 4) is 11.4 Å². The van der Waals surface area contributed by atoms with E-state index in [0.29, 0.717) is 0 Å². The van der Waals surface area contributed by atoms with Gasteiger partial charge in [0, 0.05) is 6.20 Å². The zero-order valence-electron chi connectivity index (χ0n) is 10.2. The zero-order valence-corrected chi connectivity index (χ0v) is 10.2. The first-order valence-corrected chi connectivity index (χ1v) is 5.71. The molecule has 0 saturated heterocycles. The summed E-state index contributed by atoms with van der Waals surface area (Å²) in [6.45, 7) is 0. The Hall–Kier alpha value is -2.90. The van der Waals surface area contributed by atoms with Crippen LogP contribution in [-0.4, -0.2) is 25.7 Å². The lowest BCUT2D eigenvalue weighted by Gasteiger charge is -1.99. The Kier molecular flexibility index (Phi) is 2.86. The summed E-state index contributed by atoms with van der Waals surface area (Å²) in [5.74, 6) is -5.66. The van der Waals surface area contributed by atoms with Crippen molar-refractivity contribution in [2.45, 2.75) is 0 Å². The highest BCUT2D eigenvalue weighted by atomic mass is 19.2. The predicted octanol–water partition coefficient (Wildman–Crippen LogP) is 2.51. The van der Waals surface area contributed by atoms with Gasteiger partial charge in [0.15, 0.2) is 28.9 Å². The van der Waals surface area contributed by atoms with Gasteiger partial charge in [0.1, 0.15) is 0 Å². The number of carbonyl (C=O) groups is 1. The number of hydrogen-bond donors (Lipinski definition) is 1. The molecule has 0 spiro atoms. The second-order valence-corrected chi connectivity index (χ2v) is 4.18. The lowest BCUT2D eigenvalue weighted by atomic mass is 10.2. The van der Waals surface area contributed by atoms with Crippen LogP contribution in [-0.2, 0) is 0 Å². The van der Waals surface area contributed by atoms with Gasteiger partial charge >= 0.3 is 5.97 Å². The van der Waals surface area contributed by atoms with Crippen molar-refractivity contribution in [2.24, 2.45) is 0 Å². The third-order valence-electron chi connectivity index (χ3n) is 2.85.